The molecule has 8 nitrogen and oxygen atoms in total. The lowest BCUT2D eigenvalue weighted by atomic mass is 10.1. The molecule has 0 unspecified atom stereocenters. The highest BCUT2D eigenvalue weighted by Crippen LogP contribution is 2.31. The maximum atomic E-state index is 11.7. The first-order valence-corrected chi connectivity index (χ1v) is 12.8. The minimum absolute atomic E-state index is 0.313. The molecule has 0 amide bonds. The van der Waals surface area contributed by atoms with Crippen LogP contribution in [-0.2, 0) is 23.4 Å². The second kappa shape index (κ2) is 7.95. The summed E-state index contributed by atoms with van der Waals surface area (Å²) in [5.74, 6) is 0. The zero-order valence-electron chi connectivity index (χ0n) is 19.8. The quantitative estimate of drug-likeness (QED) is 0.410. The van der Waals surface area contributed by atoms with Gasteiger partial charge in [0.1, 0.15) is 0 Å². The number of fused-ring (bicyclic) bond motifs is 2. The topological polar surface area (TPSA) is 94.2 Å². The van der Waals surface area contributed by atoms with E-state index < -0.39 is 9.84 Å². The summed E-state index contributed by atoms with van der Waals surface area (Å²) < 4.78 is 27.2. The van der Waals surface area contributed by atoms with Gasteiger partial charge >= 0.3 is 0 Å². The molecule has 2 aromatic carbocycles. The molecule has 5 rings (SSSR count). The monoisotopic (exact) mass is 474 g/mol. The van der Waals surface area contributed by atoms with E-state index >= 15 is 0 Å². The summed E-state index contributed by atoms with van der Waals surface area (Å²) in [5.41, 5.74) is 8.39. The predicted octanol–water partition coefficient (Wildman–Crippen LogP) is 4.22. The van der Waals surface area contributed by atoms with E-state index in [4.69, 9.17) is 10.1 Å². The summed E-state index contributed by atoms with van der Waals surface area (Å²) in [4.78, 5) is 5.15. The summed E-state index contributed by atoms with van der Waals surface area (Å²) in [5, 5.41) is 13.9. The first kappa shape index (κ1) is 22.1. The molecule has 34 heavy (non-hydrogen) atoms. The number of sulfone groups is 1. The summed E-state index contributed by atoms with van der Waals surface area (Å²) in [6.45, 7) is 6.50. The number of anilines is 1. The van der Waals surface area contributed by atoms with Gasteiger partial charge in [0, 0.05) is 30.8 Å². The number of aryl methyl sites for hydroxylation is 4. The largest absolute Gasteiger partial charge is 0.378 e. The Morgan fingerprint density at radius 1 is 0.941 bits per heavy atom. The second-order valence-corrected chi connectivity index (χ2v) is 10.7. The van der Waals surface area contributed by atoms with Crippen molar-refractivity contribution >= 4 is 32.1 Å². The molecule has 0 saturated heterocycles. The smallest absolute Gasteiger partial charge is 0.177 e. The summed E-state index contributed by atoms with van der Waals surface area (Å²) in [7, 11) is -1.26. The van der Waals surface area contributed by atoms with E-state index in [0.717, 1.165) is 56.1 Å². The highest BCUT2D eigenvalue weighted by molar-refractivity contribution is 7.90. The Morgan fingerprint density at radius 3 is 2.38 bits per heavy atom. The lowest BCUT2D eigenvalue weighted by molar-refractivity contribution is 0.602. The Morgan fingerprint density at radius 2 is 1.68 bits per heavy atom. The highest BCUT2D eigenvalue weighted by Gasteiger charge is 2.17. The Hall–Kier alpha value is -3.72. The molecule has 0 aliphatic rings. The minimum atomic E-state index is -3.21. The van der Waals surface area contributed by atoms with Crippen LogP contribution in [0.2, 0.25) is 0 Å². The lowest BCUT2D eigenvalue weighted by Gasteiger charge is -2.10. The molecule has 1 N–H and O–H groups in total. The lowest BCUT2D eigenvalue weighted by Crippen LogP contribution is -2.05. The van der Waals surface area contributed by atoms with Crippen LogP contribution >= 0.6 is 0 Å². The molecule has 0 fully saturated rings. The molecule has 0 aliphatic heterocycles. The average Bonchev–Trinajstić information content (AvgIpc) is 3.26. The van der Waals surface area contributed by atoms with Gasteiger partial charge in [-0.2, -0.15) is 10.2 Å². The molecule has 174 valence electrons. The molecule has 9 heteroatoms. The van der Waals surface area contributed by atoms with E-state index in [0.29, 0.717) is 11.4 Å². The van der Waals surface area contributed by atoms with Gasteiger partial charge in [0.15, 0.2) is 15.5 Å². The molecule has 0 radical (unpaired) electrons. The number of hydrogen-bond acceptors (Lipinski definition) is 6. The molecule has 3 heterocycles. The highest BCUT2D eigenvalue weighted by atomic mass is 32.2. The van der Waals surface area contributed by atoms with Gasteiger partial charge < -0.3 is 5.32 Å². The molecule has 0 bridgehead atoms. The van der Waals surface area contributed by atoms with E-state index in [1.165, 1.54) is 6.26 Å². The van der Waals surface area contributed by atoms with Crippen molar-refractivity contribution < 1.29 is 8.42 Å². The molecule has 0 atom stereocenters. The number of imidazole rings is 1. The maximum absolute atomic E-state index is 11.7. The van der Waals surface area contributed by atoms with Crippen LogP contribution in [0.15, 0.2) is 53.4 Å². The van der Waals surface area contributed by atoms with Gasteiger partial charge in [-0.1, -0.05) is 18.2 Å². The number of hydrogen-bond donors (Lipinski definition) is 1. The SMILES string of the molecule is Cc1cc(NCc2ccc(S(C)(=O)=O)cc2)c2nc(C)c(-c3ccc4c(c3)c(C)nn4C)n2n1. The third-order valence-electron chi connectivity index (χ3n) is 6.02. The predicted molar refractivity (Wildman–Crippen MR) is 134 cm³/mol. The molecular formula is C25H26N6O2S. The van der Waals surface area contributed by atoms with E-state index in [9.17, 15) is 8.42 Å². The van der Waals surface area contributed by atoms with E-state index in [-0.39, 0.29) is 0 Å². The maximum Gasteiger partial charge on any atom is 0.177 e. The van der Waals surface area contributed by atoms with Crippen molar-refractivity contribution in [1.29, 1.82) is 0 Å². The van der Waals surface area contributed by atoms with Crippen molar-refractivity contribution in [2.24, 2.45) is 7.05 Å². The van der Waals surface area contributed by atoms with E-state index in [1.54, 1.807) is 12.1 Å². The van der Waals surface area contributed by atoms with Crippen LogP contribution in [-0.4, -0.2) is 39.1 Å². The number of benzene rings is 2. The van der Waals surface area contributed by atoms with Crippen LogP contribution in [0.1, 0.15) is 22.6 Å². The summed E-state index contributed by atoms with van der Waals surface area (Å²) in [6, 6.07) is 15.2. The molecule has 0 spiro atoms. The minimum Gasteiger partial charge on any atom is -0.378 e. The zero-order valence-corrected chi connectivity index (χ0v) is 20.6. The van der Waals surface area contributed by atoms with E-state index in [1.807, 2.05) is 55.2 Å². The molecule has 3 aromatic heterocycles. The first-order chi connectivity index (χ1) is 16.1. The van der Waals surface area contributed by atoms with Gasteiger partial charge in [-0.05, 0) is 56.7 Å². The van der Waals surface area contributed by atoms with E-state index in [2.05, 4.69) is 28.6 Å². The summed E-state index contributed by atoms with van der Waals surface area (Å²) >= 11 is 0. The van der Waals surface area contributed by atoms with Crippen LogP contribution in [0.25, 0.3) is 27.8 Å². The average molecular weight is 475 g/mol. The van der Waals surface area contributed by atoms with Crippen molar-refractivity contribution in [3.63, 3.8) is 0 Å². The fourth-order valence-electron chi connectivity index (χ4n) is 4.35. The van der Waals surface area contributed by atoms with Gasteiger partial charge in [0.2, 0.25) is 0 Å². The second-order valence-electron chi connectivity index (χ2n) is 8.69. The van der Waals surface area contributed by atoms with Crippen molar-refractivity contribution in [2.45, 2.75) is 32.2 Å². The third-order valence-corrected chi connectivity index (χ3v) is 7.15. The Kier molecular flexibility index (Phi) is 5.16. The number of rotatable bonds is 5. The van der Waals surface area contributed by atoms with Crippen molar-refractivity contribution in [3.05, 3.63) is 71.2 Å². The first-order valence-electron chi connectivity index (χ1n) is 11.0. The summed E-state index contributed by atoms with van der Waals surface area (Å²) in [6.07, 6.45) is 1.21. The van der Waals surface area contributed by atoms with Gasteiger partial charge in [0.25, 0.3) is 0 Å². The third kappa shape index (κ3) is 3.81. The number of aromatic nitrogens is 5. The molecule has 5 aromatic rings. The van der Waals surface area contributed by atoms with Crippen LogP contribution in [0, 0.1) is 20.8 Å². The normalized spacial score (nSPS) is 12.0. The standard InChI is InChI=1S/C25H26N6O2S/c1-15-12-22(26-14-18-6-9-20(10-7-18)34(5,32)33)25-27-17(3)24(31(25)28-15)19-8-11-23-21(13-19)16(2)29-30(23)4/h6-13,26H,14H2,1-5H3. The fraction of sp³-hybridized carbons (Fsp3) is 0.240. The molecule has 0 aliphatic carbocycles. The van der Waals surface area contributed by atoms with Crippen molar-refractivity contribution in [3.8, 4) is 11.3 Å². The van der Waals surface area contributed by atoms with Crippen LogP contribution in [0.3, 0.4) is 0 Å². The Bertz CT molecular complexity index is 1660. The van der Waals surface area contributed by atoms with Crippen LogP contribution in [0.5, 0.6) is 0 Å². The van der Waals surface area contributed by atoms with Gasteiger partial charge in [0.05, 0.1) is 38.9 Å². The van der Waals surface area contributed by atoms with Crippen LogP contribution < -0.4 is 5.32 Å². The number of nitrogens with zero attached hydrogens (tertiary/aromatic N) is 5. The van der Waals surface area contributed by atoms with Crippen molar-refractivity contribution in [1.82, 2.24) is 24.4 Å². The Labute approximate surface area is 198 Å². The molecule has 0 saturated carbocycles. The fourth-order valence-corrected chi connectivity index (χ4v) is 4.98. The zero-order chi connectivity index (χ0) is 24.2. The van der Waals surface area contributed by atoms with Gasteiger partial charge in [-0.3, -0.25) is 4.68 Å². The van der Waals surface area contributed by atoms with Crippen LogP contribution in [0.4, 0.5) is 5.69 Å². The van der Waals surface area contributed by atoms with Crippen molar-refractivity contribution in [2.75, 3.05) is 11.6 Å². The Balaban J connectivity index is 1.53. The molecular weight excluding hydrogens is 448 g/mol. The van der Waals surface area contributed by atoms with Gasteiger partial charge in [-0.25, -0.2) is 17.9 Å². The van der Waals surface area contributed by atoms with Gasteiger partial charge in [-0.15, -0.1) is 0 Å². The number of nitrogens with one attached hydrogen (secondary N) is 1.